The highest BCUT2D eigenvalue weighted by Crippen LogP contribution is 2.34. The molecule has 0 unspecified atom stereocenters. The standard InChI is InChI=1S/C27H23F3N2O4/c1-15(31-24(33)11-16-9-20(29)13-21(30)10-16)27(35)36-25-22(17-5-3-2-4-6-17)12-18-7-8-19(28)14-23(18)32-26(25)34/h2-10,13-15,22,25H,11-12H2,1H3,(H,31,33)(H,32,34)/t15-,22+,25-/m0/s1. The average molecular weight is 496 g/mol. The van der Waals surface area contributed by atoms with Crippen LogP contribution in [0.4, 0.5) is 18.9 Å². The molecule has 3 atom stereocenters. The number of hydrogen-bond donors (Lipinski definition) is 2. The highest BCUT2D eigenvalue weighted by molar-refractivity contribution is 5.98. The maximum absolute atomic E-state index is 13.8. The molecule has 0 bridgehead atoms. The van der Waals surface area contributed by atoms with E-state index in [1.165, 1.54) is 19.1 Å². The summed E-state index contributed by atoms with van der Waals surface area (Å²) in [5, 5.41) is 5.05. The summed E-state index contributed by atoms with van der Waals surface area (Å²) in [4.78, 5) is 38.3. The fourth-order valence-corrected chi connectivity index (χ4v) is 4.18. The fourth-order valence-electron chi connectivity index (χ4n) is 4.18. The van der Waals surface area contributed by atoms with Crippen molar-refractivity contribution in [3.05, 3.63) is 101 Å². The quantitative estimate of drug-likeness (QED) is 0.505. The molecule has 1 aliphatic rings. The first-order chi connectivity index (χ1) is 17.2. The number of esters is 1. The van der Waals surface area contributed by atoms with Gasteiger partial charge in [0.1, 0.15) is 23.5 Å². The van der Waals surface area contributed by atoms with E-state index < -0.39 is 53.3 Å². The number of amides is 2. The maximum atomic E-state index is 13.8. The molecule has 36 heavy (non-hydrogen) atoms. The van der Waals surface area contributed by atoms with E-state index >= 15 is 0 Å². The van der Waals surface area contributed by atoms with Crippen molar-refractivity contribution in [2.45, 2.75) is 37.8 Å². The Bertz CT molecular complexity index is 1280. The van der Waals surface area contributed by atoms with Crippen molar-refractivity contribution in [2.24, 2.45) is 0 Å². The van der Waals surface area contributed by atoms with Gasteiger partial charge in [0.15, 0.2) is 6.10 Å². The molecule has 0 radical (unpaired) electrons. The van der Waals surface area contributed by atoms with Gasteiger partial charge in [0.05, 0.1) is 6.42 Å². The van der Waals surface area contributed by atoms with Crippen LogP contribution in [0.15, 0.2) is 66.7 Å². The fraction of sp³-hybridized carbons (Fsp3) is 0.222. The van der Waals surface area contributed by atoms with Crippen molar-refractivity contribution >= 4 is 23.5 Å². The van der Waals surface area contributed by atoms with E-state index in [2.05, 4.69) is 10.6 Å². The molecule has 1 heterocycles. The van der Waals surface area contributed by atoms with Gasteiger partial charge in [-0.3, -0.25) is 9.59 Å². The van der Waals surface area contributed by atoms with Gasteiger partial charge in [-0.15, -0.1) is 0 Å². The lowest BCUT2D eigenvalue weighted by atomic mass is 9.87. The smallest absolute Gasteiger partial charge is 0.329 e. The second kappa shape index (κ2) is 10.6. The van der Waals surface area contributed by atoms with E-state index in [4.69, 9.17) is 4.74 Å². The lowest BCUT2D eigenvalue weighted by molar-refractivity contribution is -0.158. The van der Waals surface area contributed by atoms with Crippen molar-refractivity contribution in [1.29, 1.82) is 0 Å². The minimum atomic E-state index is -1.26. The molecule has 9 heteroatoms. The van der Waals surface area contributed by atoms with E-state index in [1.807, 2.05) is 6.07 Å². The minimum Gasteiger partial charge on any atom is -0.450 e. The molecule has 0 aromatic heterocycles. The van der Waals surface area contributed by atoms with Crippen LogP contribution in [0, 0.1) is 17.5 Å². The maximum Gasteiger partial charge on any atom is 0.329 e. The summed E-state index contributed by atoms with van der Waals surface area (Å²) in [6.45, 7) is 1.38. The second-order valence-corrected chi connectivity index (χ2v) is 8.61. The number of nitrogens with one attached hydrogen (secondary N) is 2. The highest BCUT2D eigenvalue weighted by atomic mass is 19.1. The predicted octanol–water partition coefficient (Wildman–Crippen LogP) is 4.04. The van der Waals surface area contributed by atoms with Gasteiger partial charge in [0.25, 0.3) is 5.91 Å². The number of benzene rings is 3. The zero-order valence-electron chi connectivity index (χ0n) is 19.3. The van der Waals surface area contributed by atoms with Crippen LogP contribution in [0.3, 0.4) is 0 Å². The van der Waals surface area contributed by atoms with Crippen LogP contribution < -0.4 is 10.6 Å². The van der Waals surface area contributed by atoms with Crippen molar-refractivity contribution in [1.82, 2.24) is 5.32 Å². The first-order valence-corrected chi connectivity index (χ1v) is 11.3. The molecule has 1 aliphatic heterocycles. The van der Waals surface area contributed by atoms with Gasteiger partial charge >= 0.3 is 5.97 Å². The Kier molecular flexibility index (Phi) is 7.38. The van der Waals surface area contributed by atoms with E-state index in [0.29, 0.717) is 23.7 Å². The molecule has 2 amide bonds. The Morgan fingerprint density at radius 1 is 1.00 bits per heavy atom. The highest BCUT2D eigenvalue weighted by Gasteiger charge is 2.37. The SMILES string of the molecule is C[C@H](NC(=O)Cc1cc(F)cc(F)c1)C(=O)O[C@@H]1C(=O)Nc2cc(F)ccc2C[C@@H]1c1ccccc1. The minimum absolute atomic E-state index is 0.0999. The van der Waals surface area contributed by atoms with Gasteiger partial charge in [0.2, 0.25) is 5.91 Å². The Morgan fingerprint density at radius 3 is 2.39 bits per heavy atom. The predicted molar refractivity (Wildman–Crippen MR) is 125 cm³/mol. The van der Waals surface area contributed by atoms with Crippen molar-refractivity contribution in [3.63, 3.8) is 0 Å². The van der Waals surface area contributed by atoms with E-state index in [0.717, 1.165) is 17.7 Å². The number of carbonyl (C=O) groups is 3. The van der Waals surface area contributed by atoms with Crippen LogP contribution in [-0.4, -0.2) is 29.9 Å². The van der Waals surface area contributed by atoms with Gasteiger partial charge in [-0.05, 0) is 54.3 Å². The first kappa shape index (κ1) is 25.0. The van der Waals surface area contributed by atoms with E-state index in [9.17, 15) is 27.6 Å². The van der Waals surface area contributed by atoms with Gasteiger partial charge < -0.3 is 15.4 Å². The van der Waals surface area contributed by atoms with Crippen LogP contribution in [0.25, 0.3) is 0 Å². The van der Waals surface area contributed by atoms with Crippen molar-refractivity contribution in [2.75, 3.05) is 5.32 Å². The van der Waals surface area contributed by atoms with E-state index in [1.54, 1.807) is 30.3 Å². The monoisotopic (exact) mass is 496 g/mol. The summed E-state index contributed by atoms with van der Waals surface area (Å²) in [6.07, 6.45) is -1.32. The number of anilines is 1. The van der Waals surface area contributed by atoms with Crippen LogP contribution in [0.2, 0.25) is 0 Å². The largest absolute Gasteiger partial charge is 0.450 e. The Hall–Kier alpha value is -4.14. The molecule has 0 saturated carbocycles. The molecule has 0 spiro atoms. The molecule has 3 aromatic rings. The third-order valence-corrected chi connectivity index (χ3v) is 5.88. The van der Waals surface area contributed by atoms with Gasteiger partial charge in [-0.25, -0.2) is 18.0 Å². The topological polar surface area (TPSA) is 84.5 Å². The van der Waals surface area contributed by atoms with Crippen LogP contribution in [-0.2, 0) is 32.0 Å². The third-order valence-electron chi connectivity index (χ3n) is 5.88. The summed E-state index contributed by atoms with van der Waals surface area (Å²) >= 11 is 0. The van der Waals surface area contributed by atoms with Gasteiger partial charge in [0, 0.05) is 17.7 Å². The number of fused-ring (bicyclic) bond motifs is 1. The van der Waals surface area contributed by atoms with Crippen LogP contribution in [0.5, 0.6) is 0 Å². The summed E-state index contributed by atoms with van der Waals surface area (Å²) in [5.74, 6) is -4.88. The molecular weight excluding hydrogens is 473 g/mol. The number of rotatable bonds is 6. The second-order valence-electron chi connectivity index (χ2n) is 8.61. The lowest BCUT2D eigenvalue weighted by Crippen LogP contribution is -2.45. The summed E-state index contributed by atoms with van der Waals surface area (Å²) in [5.41, 5.74) is 1.82. The molecule has 3 aromatic carbocycles. The summed E-state index contributed by atoms with van der Waals surface area (Å²) < 4.78 is 46.2. The third kappa shape index (κ3) is 5.91. The zero-order valence-corrected chi connectivity index (χ0v) is 19.3. The molecular formula is C27H23F3N2O4. The number of hydrogen-bond acceptors (Lipinski definition) is 4. The van der Waals surface area contributed by atoms with E-state index in [-0.39, 0.29) is 12.0 Å². The molecule has 186 valence electrons. The number of halogens is 3. The summed E-state index contributed by atoms with van der Waals surface area (Å²) in [6, 6.07) is 14.7. The lowest BCUT2D eigenvalue weighted by Gasteiger charge is -2.25. The van der Waals surface area contributed by atoms with Gasteiger partial charge in [-0.1, -0.05) is 36.4 Å². The number of carbonyl (C=O) groups excluding carboxylic acids is 3. The zero-order chi connectivity index (χ0) is 25.8. The summed E-state index contributed by atoms with van der Waals surface area (Å²) in [7, 11) is 0. The van der Waals surface area contributed by atoms with Crippen molar-refractivity contribution in [3.8, 4) is 0 Å². The molecule has 4 rings (SSSR count). The number of ether oxygens (including phenoxy) is 1. The molecule has 6 nitrogen and oxygen atoms in total. The van der Waals surface area contributed by atoms with Crippen molar-refractivity contribution < 1.29 is 32.3 Å². The van der Waals surface area contributed by atoms with Crippen LogP contribution in [0.1, 0.15) is 29.5 Å². The Balaban J connectivity index is 1.50. The Morgan fingerprint density at radius 2 is 1.69 bits per heavy atom. The molecule has 0 fully saturated rings. The normalized spacial score (nSPS) is 17.8. The molecule has 0 aliphatic carbocycles. The van der Waals surface area contributed by atoms with Crippen LogP contribution >= 0.6 is 0 Å². The Labute approximate surface area is 205 Å². The first-order valence-electron chi connectivity index (χ1n) is 11.3. The molecule has 2 N–H and O–H groups in total. The molecule has 0 saturated heterocycles. The van der Waals surface area contributed by atoms with Gasteiger partial charge in [-0.2, -0.15) is 0 Å². The average Bonchev–Trinajstić information content (AvgIpc) is 2.94.